The van der Waals surface area contributed by atoms with Gasteiger partial charge in [-0.25, -0.2) is 0 Å². The van der Waals surface area contributed by atoms with E-state index in [-0.39, 0.29) is 0 Å². The van der Waals surface area contributed by atoms with Crippen LogP contribution in [0.1, 0.15) is 11.1 Å². The van der Waals surface area contributed by atoms with E-state index < -0.39 is 0 Å². The Kier molecular flexibility index (Phi) is 6.61. The highest BCUT2D eigenvalue weighted by Gasteiger charge is 2.23. The summed E-state index contributed by atoms with van der Waals surface area (Å²) in [7, 11) is 0. The molecule has 0 aliphatic carbocycles. The van der Waals surface area contributed by atoms with Crippen molar-refractivity contribution in [3.8, 4) is 40.3 Å². The van der Waals surface area contributed by atoms with E-state index in [9.17, 15) is 10.5 Å². The van der Waals surface area contributed by atoms with Crippen LogP contribution in [0.3, 0.4) is 0 Å². The number of nitriles is 2. The molecule has 11 aromatic rings. The van der Waals surface area contributed by atoms with Gasteiger partial charge in [-0.1, -0.05) is 115 Å². The highest BCUT2D eigenvalue weighted by atomic mass is 15.1. The van der Waals surface area contributed by atoms with Crippen LogP contribution in [0.4, 0.5) is 0 Å². The summed E-state index contributed by atoms with van der Waals surface area (Å²) >= 11 is 0. The normalized spacial score (nSPS) is 11.6. The predicted molar refractivity (Wildman–Crippen MR) is 224 cm³/mol. The van der Waals surface area contributed by atoms with E-state index in [1.165, 1.54) is 16.2 Å². The van der Waals surface area contributed by atoms with Gasteiger partial charge in [-0.3, -0.25) is 0 Å². The molecule has 5 nitrogen and oxygen atoms in total. The first-order chi connectivity index (χ1) is 27.2. The maximum Gasteiger partial charge on any atom is 0.0992 e. The molecule has 55 heavy (non-hydrogen) atoms. The summed E-state index contributed by atoms with van der Waals surface area (Å²) in [6, 6.07) is 66.0. The van der Waals surface area contributed by atoms with E-state index in [1.54, 1.807) is 0 Å². The van der Waals surface area contributed by atoms with Crippen molar-refractivity contribution in [2.45, 2.75) is 0 Å². The lowest BCUT2D eigenvalue weighted by molar-refractivity contribution is 1.13. The van der Waals surface area contributed by atoms with Gasteiger partial charge >= 0.3 is 0 Å². The van der Waals surface area contributed by atoms with Crippen molar-refractivity contribution >= 4 is 65.4 Å². The molecule has 0 radical (unpaired) electrons. The minimum atomic E-state index is 0.559. The van der Waals surface area contributed by atoms with Crippen LogP contribution in [0.5, 0.6) is 0 Å². The van der Waals surface area contributed by atoms with E-state index >= 15 is 0 Å². The van der Waals surface area contributed by atoms with Gasteiger partial charge in [-0.15, -0.1) is 0 Å². The third-order valence-electron chi connectivity index (χ3n) is 11.1. The summed E-state index contributed by atoms with van der Waals surface area (Å²) in [5.41, 5.74) is 12.5. The fraction of sp³-hybridized carbons (Fsp3) is 0. The maximum atomic E-state index is 10.2. The summed E-state index contributed by atoms with van der Waals surface area (Å²) in [5, 5.41) is 27.1. The molecule has 5 heteroatoms. The molecule has 0 N–H and O–H groups in total. The molecule has 0 bridgehead atoms. The molecule has 0 atom stereocenters. The topological polar surface area (TPSA) is 62.4 Å². The number of benzene rings is 8. The van der Waals surface area contributed by atoms with Gasteiger partial charge in [0, 0.05) is 43.4 Å². The van der Waals surface area contributed by atoms with Crippen LogP contribution in [-0.4, -0.2) is 13.7 Å². The quantitative estimate of drug-likeness (QED) is 0.184. The lowest BCUT2D eigenvalue weighted by atomic mass is 9.99. The fourth-order valence-corrected chi connectivity index (χ4v) is 8.82. The fourth-order valence-electron chi connectivity index (χ4n) is 8.82. The largest absolute Gasteiger partial charge is 0.309 e. The third-order valence-corrected chi connectivity index (χ3v) is 11.1. The molecular weight excluding hydrogens is 671 g/mol. The summed E-state index contributed by atoms with van der Waals surface area (Å²) in [6.07, 6.45) is 0. The van der Waals surface area contributed by atoms with Crippen molar-refractivity contribution in [1.82, 2.24) is 13.7 Å². The number of para-hydroxylation sites is 6. The monoisotopic (exact) mass is 699 g/mol. The zero-order valence-corrected chi connectivity index (χ0v) is 29.5. The van der Waals surface area contributed by atoms with E-state index in [0.29, 0.717) is 11.1 Å². The standard InChI is InChI=1S/C50H29N5/c51-30-32-24-26-39-36-14-3-8-20-44(36)54(48(39)28-32)49-29-33(31-52)25-27-40(49)37-15-4-9-21-45(37)55-46-22-10-5-16-38(46)41-17-11-23-47(50(41)55)53-42-18-6-1-12-34(42)35-13-2-7-19-43(35)53/h1-29H. The van der Waals surface area contributed by atoms with Crippen LogP contribution in [0.25, 0.3) is 93.6 Å². The third kappa shape index (κ3) is 4.39. The number of nitrogens with zero attached hydrogens (tertiary/aromatic N) is 5. The van der Waals surface area contributed by atoms with E-state index in [1.807, 2.05) is 42.5 Å². The average molecular weight is 700 g/mol. The van der Waals surface area contributed by atoms with Crippen LogP contribution >= 0.6 is 0 Å². The Morgan fingerprint density at radius 2 is 0.745 bits per heavy atom. The van der Waals surface area contributed by atoms with Crippen molar-refractivity contribution in [3.63, 3.8) is 0 Å². The zero-order valence-electron chi connectivity index (χ0n) is 29.5. The van der Waals surface area contributed by atoms with Gasteiger partial charge in [0.15, 0.2) is 0 Å². The highest BCUT2D eigenvalue weighted by molar-refractivity contribution is 6.16. The Labute approximate surface area is 316 Å². The molecule has 0 unspecified atom stereocenters. The number of aromatic nitrogens is 3. The minimum absolute atomic E-state index is 0.559. The first-order valence-corrected chi connectivity index (χ1v) is 18.3. The molecule has 3 aromatic heterocycles. The van der Waals surface area contributed by atoms with Crippen molar-refractivity contribution < 1.29 is 0 Å². The first-order valence-electron chi connectivity index (χ1n) is 18.3. The van der Waals surface area contributed by atoms with Gasteiger partial charge in [0.25, 0.3) is 0 Å². The van der Waals surface area contributed by atoms with Crippen LogP contribution in [0, 0.1) is 22.7 Å². The van der Waals surface area contributed by atoms with Crippen molar-refractivity contribution in [3.05, 3.63) is 187 Å². The van der Waals surface area contributed by atoms with Gasteiger partial charge in [-0.2, -0.15) is 10.5 Å². The van der Waals surface area contributed by atoms with E-state index in [0.717, 1.165) is 77.4 Å². The minimum Gasteiger partial charge on any atom is -0.309 e. The van der Waals surface area contributed by atoms with E-state index in [2.05, 4.69) is 159 Å². The smallest absolute Gasteiger partial charge is 0.0992 e. The van der Waals surface area contributed by atoms with Crippen molar-refractivity contribution in [1.29, 1.82) is 10.5 Å². The van der Waals surface area contributed by atoms with Gasteiger partial charge in [-0.05, 0) is 60.7 Å². The molecule has 0 spiro atoms. The van der Waals surface area contributed by atoms with E-state index in [4.69, 9.17) is 0 Å². The summed E-state index contributed by atoms with van der Waals surface area (Å²) in [6.45, 7) is 0. The molecule has 0 fully saturated rings. The van der Waals surface area contributed by atoms with Gasteiger partial charge in [0.05, 0.1) is 73.4 Å². The molecule has 0 aliphatic heterocycles. The summed E-state index contributed by atoms with van der Waals surface area (Å²) < 4.78 is 7.04. The van der Waals surface area contributed by atoms with Crippen LogP contribution < -0.4 is 0 Å². The molecule has 3 heterocycles. The lowest BCUT2D eigenvalue weighted by Crippen LogP contribution is -2.04. The van der Waals surface area contributed by atoms with Gasteiger partial charge in [0.2, 0.25) is 0 Å². The second kappa shape index (κ2) is 11.8. The molecule has 0 amide bonds. The number of hydrogen-bond donors (Lipinski definition) is 0. The molecule has 11 rings (SSSR count). The Morgan fingerprint density at radius 3 is 1.38 bits per heavy atom. The number of fused-ring (bicyclic) bond motifs is 9. The molecule has 8 aromatic carbocycles. The average Bonchev–Trinajstić information content (AvgIpc) is 3.89. The zero-order chi connectivity index (χ0) is 36.6. The Balaban J connectivity index is 1.26. The SMILES string of the molecule is N#Cc1ccc(-c2ccccc2-n2c3ccccc3c3cccc(-n4c5ccccc5c5ccccc54)c32)c(-n2c3ccccc3c3ccc(C#N)cc32)c1. The van der Waals surface area contributed by atoms with Crippen LogP contribution in [0.2, 0.25) is 0 Å². The first kappa shape index (κ1) is 30.7. The summed E-state index contributed by atoms with van der Waals surface area (Å²) in [4.78, 5) is 0. The maximum absolute atomic E-state index is 10.2. The molecule has 0 saturated carbocycles. The molecule has 0 aliphatic rings. The van der Waals surface area contributed by atoms with Crippen molar-refractivity contribution in [2.75, 3.05) is 0 Å². The number of rotatable bonds is 4. The second-order valence-corrected chi connectivity index (χ2v) is 14.0. The molecule has 254 valence electrons. The van der Waals surface area contributed by atoms with Crippen molar-refractivity contribution in [2.24, 2.45) is 0 Å². The summed E-state index contributed by atoms with van der Waals surface area (Å²) in [5.74, 6) is 0. The Bertz CT molecular complexity index is 3420. The molecular formula is C50H29N5. The Hall–Kier alpha value is -7.86. The van der Waals surface area contributed by atoms with Gasteiger partial charge in [0.1, 0.15) is 0 Å². The van der Waals surface area contributed by atoms with Crippen LogP contribution in [-0.2, 0) is 0 Å². The van der Waals surface area contributed by atoms with Gasteiger partial charge < -0.3 is 13.7 Å². The predicted octanol–water partition coefficient (Wildman–Crippen LogP) is 12.4. The highest BCUT2D eigenvalue weighted by Crippen LogP contribution is 2.43. The Morgan fingerprint density at radius 1 is 0.309 bits per heavy atom. The lowest BCUT2D eigenvalue weighted by Gasteiger charge is -2.20. The van der Waals surface area contributed by atoms with Crippen LogP contribution in [0.15, 0.2) is 176 Å². The second-order valence-electron chi connectivity index (χ2n) is 14.0. The number of hydrogen-bond acceptors (Lipinski definition) is 2. The molecule has 0 saturated heterocycles.